The van der Waals surface area contributed by atoms with Gasteiger partial charge in [-0.3, -0.25) is 9.48 Å². The number of aliphatic hydroxyl groups excluding tert-OH is 1. The highest BCUT2D eigenvalue weighted by Crippen LogP contribution is 2.28. The zero-order valence-corrected chi connectivity index (χ0v) is 15.4. The predicted octanol–water partition coefficient (Wildman–Crippen LogP) is 2.82. The molecule has 3 aromatic rings. The maximum Gasteiger partial charge on any atom is 0.253 e. The molecule has 1 aromatic heterocycles. The fraction of sp³-hybridized carbons (Fsp3) is 0.273. The lowest BCUT2D eigenvalue weighted by Gasteiger charge is -2.20. The van der Waals surface area contributed by atoms with Crippen molar-refractivity contribution >= 4 is 5.91 Å². The molecule has 5 heteroatoms. The molecule has 0 saturated carbocycles. The first-order valence-corrected chi connectivity index (χ1v) is 9.26. The van der Waals surface area contributed by atoms with E-state index in [1.807, 2.05) is 34.8 Å². The molecule has 0 atom stereocenters. The number of carbonyl (C=O) groups is 1. The Morgan fingerprint density at radius 1 is 1.04 bits per heavy atom. The molecule has 0 spiro atoms. The molecule has 4 rings (SSSR count). The van der Waals surface area contributed by atoms with E-state index in [0.717, 1.165) is 35.4 Å². The Kier molecular flexibility index (Phi) is 4.77. The predicted molar refractivity (Wildman–Crippen MR) is 104 cm³/mol. The standard InChI is InChI=1S/C22H23N3O2/c1-24-21(17-5-3-2-4-6-17)19-11-13-25(14-12-20(19)23-24)22(27)18-9-7-16(15-26)8-10-18/h2-10,26H,11-15H2,1H3. The van der Waals surface area contributed by atoms with Gasteiger partial charge in [-0.1, -0.05) is 42.5 Å². The Hall–Kier alpha value is -2.92. The Morgan fingerprint density at radius 3 is 2.44 bits per heavy atom. The molecule has 138 valence electrons. The highest BCUT2D eigenvalue weighted by atomic mass is 16.3. The van der Waals surface area contributed by atoms with Crippen LogP contribution >= 0.6 is 0 Å². The Bertz CT molecular complexity index is 946. The number of amides is 1. The summed E-state index contributed by atoms with van der Waals surface area (Å²) in [4.78, 5) is 14.8. The van der Waals surface area contributed by atoms with E-state index in [0.29, 0.717) is 18.7 Å². The quantitative estimate of drug-likeness (QED) is 0.780. The van der Waals surface area contributed by atoms with E-state index in [2.05, 4.69) is 12.1 Å². The minimum atomic E-state index is -0.0120. The largest absolute Gasteiger partial charge is 0.392 e. The second kappa shape index (κ2) is 7.37. The molecule has 0 unspecified atom stereocenters. The van der Waals surface area contributed by atoms with Crippen LogP contribution in [0.2, 0.25) is 0 Å². The van der Waals surface area contributed by atoms with E-state index in [1.165, 1.54) is 5.56 Å². The summed E-state index contributed by atoms with van der Waals surface area (Å²) in [5.74, 6) is 0.0373. The van der Waals surface area contributed by atoms with E-state index in [1.54, 1.807) is 24.3 Å². The molecule has 0 saturated heterocycles. The van der Waals surface area contributed by atoms with E-state index >= 15 is 0 Å². The summed E-state index contributed by atoms with van der Waals surface area (Å²) in [5.41, 5.74) is 6.11. The minimum absolute atomic E-state index is 0.0120. The fourth-order valence-corrected chi connectivity index (χ4v) is 3.78. The monoisotopic (exact) mass is 361 g/mol. The van der Waals surface area contributed by atoms with Crippen molar-refractivity contribution in [2.45, 2.75) is 19.4 Å². The zero-order chi connectivity index (χ0) is 18.8. The third-order valence-electron chi connectivity index (χ3n) is 5.20. The summed E-state index contributed by atoms with van der Waals surface area (Å²) >= 11 is 0. The topological polar surface area (TPSA) is 58.4 Å². The summed E-state index contributed by atoms with van der Waals surface area (Å²) in [7, 11) is 1.99. The van der Waals surface area contributed by atoms with Crippen LogP contribution in [0.4, 0.5) is 0 Å². The van der Waals surface area contributed by atoms with E-state index in [4.69, 9.17) is 10.2 Å². The highest BCUT2D eigenvalue weighted by Gasteiger charge is 2.24. The van der Waals surface area contributed by atoms with Gasteiger partial charge in [-0.25, -0.2) is 0 Å². The van der Waals surface area contributed by atoms with Crippen LogP contribution in [0, 0.1) is 0 Å². The SMILES string of the molecule is Cn1nc2c(c1-c1ccccc1)CCN(C(=O)c1ccc(CO)cc1)CC2. The van der Waals surface area contributed by atoms with Crippen molar-refractivity contribution in [2.75, 3.05) is 13.1 Å². The number of carbonyl (C=O) groups excluding carboxylic acids is 1. The molecule has 0 bridgehead atoms. The zero-order valence-electron chi connectivity index (χ0n) is 15.4. The number of hydrogen-bond donors (Lipinski definition) is 1. The van der Waals surface area contributed by atoms with Crippen molar-refractivity contribution in [1.82, 2.24) is 14.7 Å². The molecular formula is C22H23N3O2. The van der Waals surface area contributed by atoms with Gasteiger partial charge in [-0.05, 0) is 24.1 Å². The lowest BCUT2D eigenvalue weighted by molar-refractivity contribution is 0.0762. The van der Waals surface area contributed by atoms with Gasteiger partial charge in [0, 0.05) is 43.2 Å². The molecule has 2 heterocycles. The summed E-state index contributed by atoms with van der Waals surface area (Å²) in [6.07, 6.45) is 1.56. The molecule has 0 radical (unpaired) electrons. The van der Waals surface area contributed by atoms with Crippen LogP contribution < -0.4 is 0 Å². The highest BCUT2D eigenvalue weighted by molar-refractivity contribution is 5.94. The number of aromatic nitrogens is 2. The van der Waals surface area contributed by atoms with Crippen molar-refractivity contribution in [3.8, 4) is 11.3 Å². The number of benzene rings is 2. The molecule has 1 amide bonds. The Labute approximate surface area is 158 Å². The lowest BCUT2D eigenvalue weighted by Crippen LogP contribution is -2.33. The van der Waals surface area contributed by atoms with E-state index in [-0.39, 0.29) is 12.5 Å². The summed E-state index contributed by atoms with van der Waals surface area (Å²) in [6.45, 7) is 1.33. The molecule has 2 aromatic carbocycles. The van der Waals surface area contributed by atoms with Crippen LogP contribution in [-0.4, -0.2) is 38.8 Å². The Balaban J connectivity index is 1.57. The van der Waals surface area contributed by atoms with E-state index < -0.39 is 0 Å². The molecule has 0 aliphatic carbocycles. The van der Waals surface area contributed by atoms with Gasteiger partial charge < -0.3 is 10.0 Å². The van der Waals surface area contributed by atoms with Gasteiger partial charge in [-0.2, -0.15) is 5.10 Å². The number of nitrogens with zero attached hydrogens (tertiary/aromatic N) is 3. The molecule has 27 heavy (non-hydrogen) atoms. The van der Waals surface area contributed by atoms with Gasteiger partial charge in [0.25, 0.3) is 5.91 Å². The lowest BCUT2D eigenvalue weighted by atomic mass is 10.0. The Morgan fingerprint density at radius 2 is 1.74 bits per heavy atom. The normalized spacial score (nSPS) is 13.9. The summed E-state index contributed by atoms with van der Waals surface area (Å²) in [6, 6.07) is 17.5. The van der Waals surface area contributed by atoms with Gasteiger partial charge in [0.15, 0.2) is 0 Å². The van der Waals surface area contributed by atoms with Crippen LogP contribution in [0.15, 0.2) is 54.6 Å². The van der Waals surface area contributed by atoms with E-state index in [9.17, 15) is 4.79 Å². The van der Waals surface area contributed by atoms with Crippen molar-refractivity contribution in [2.24, 2.45) is 7.05 Å². The third-order valence-corrected chi connectivity index (χ3v) is 5.20. The van der Waals surface area contributed by atoms with Crippen LogP contribution in [0.5, 0.6) is 0 Å². The van der Waals surface area contributed by atoms with Crippen molar-refractivity contribution < 1.29 is 9.90 Å². The van der Waals surface area contributed by atoms with Crippen molar-refractivity contribution in [3.63, 3.8) is 0 Å². The number of hydrogen-bond acceptors (Lipinski definition) is 3. The first-order valence-electron chi connectivity index (χ1n) is 9.26. The van der Waals surface area contributed by atoms with Crippen LogP contribution in [0.3, 0.4) is 0 Å². The molecule has 1 aliphatic heterocycles. The van der Waals surface area contributed by atoms with Gasteiger partial charge in [0.2, 0.25) is 0 Å². The number of fused-ring (bicyclic) bond motifs is 1. The number of aliphatic hydroxyl groups is 1. The first-order chi connectivity index (χ1) is 13.2. The second-order valence-corrected chi connectivity index (χ2v) is 6.91. The smallest absolute Gasteiger partial charge is 0.253 e. The van der Waals surface area contributed by atoms with Gasteiger partial charge in [0.05, 0.1) is 18.0 Å². The van der Waals surface area contributed by atoms with Crippen LogP contribution in [0.25, 0.3) is 11.3 Å². The average molecular weight is 361 g/mol. The van der Waals surface area contributed by atoms with Gasteiger partial charge in [-0.15, -0.1) is 0 Å². The van der Waals surface area contributed by atoms with Gasteiger partial charge >= 0.3 is 0 Å². The molecule has 5 nitrogen and oxygen atoms in total. The van der Waals surface area contributed by atoms with Crippen molar-refractivity contribution in [1.29, 1.82) is 0 Å². The average Bonchev–Trinajstić information content (AvgIpc) is 2.89. The summed E-state index contributed by atoms with van der Waals surface area (Å²) < 4.78 is 1.96. The van der Waals surface area contributed by atoms with Crippen molar-refractivity contribution in [3.05, 3.63) is 77.0 Å². The van der Waals surface area contributed by atoms with Crippen LogP contribution in [-0.2, 0) is 26.5 Å². The van der Waals surface area contributed by atoms with Gasteiger partial charge in [0.1, 0.15) is 0 Å². The maximum absolute atomic E-state index is 12.9. The maximum atomic E-state index is 12.9. The number of aryl methyl sites for hydroxylation is 1. The number of rotatable bonds is 3. The summed E-state index contributed by atoms with van der Waals surface area (Å²) in [5, 5.41) is 13.9. The molecular weight excluding hydrogens is 338 g/mol. The molecule has 1 N–H and O–H groups in total. The fourth-order valence-electron chi connectivity index (χ4n) is 3.78. The molecule has 0 fully saturated rings. The first kappa shape index (κ1) is 17.5. The van der Waals surface area contributed by atoms with Crippen LogP contribution in [0.1, 0.15) is 27.2 Å². The third kappa shape index (κ3) is 3.38. The molecule has 1 aliphatic rings. The second-order valence-electron chi connectivity index (χ2n) is 6.91. The minimum Gasteiger partial charge on any atom is -0.392 e.